The SMILES string of the molecule is O=C1CC2(CCN(C(=O)Nc3cn[nH]c3-c3nccs3)C2)Oc2ccccc21. The average Bonchev–Trinajstić information content (AvgIpc) is 3.42. The number of para-hydroxylation sites is 1. The fourth-order valence-electron chi connectivity index (χ4n) is 3.77. The van der Waals surface area contributed by atoms with Gasteiger partial charge in [0.1, 0.15) is 22.1 Å². The Balaban J connectivity index is 1.31. The molecule has 3 aromatic rings. The molecule has 2 amide bonds. The van der Waals surface area contributed by atoms with E-state index in [2.05, 4.69) is 20.5 Å². The highest BCUT2D eigenvalue weighted by Gasteiger charge is 2.47. The van der Waals surface area contributed by atoms with Gasteiger partial charge in [0.05, 0.1) is 30.4 Å². The van der Waals surface area contributed by atoms with Gasteiger partial charge in [-0.2, -0.15) is 5.10 Å². The molecule has 1 unspecified atom stereocenters. The number of hydrogen-bond acceptors (Lipinski definition) is 6. The van der Waals surface area contributed by atoms with Crippen LogP contribution in [-0.4, -0.2) is 50.6 Å². The van der Waals surface area contributed by atoms with Crippen molar-refractivity contribution >= 4 is 28.8 Å². The number of rotatable bonds is 2. The summed E-state index contributed by atoms with van der Waals surface area (Å²) < 4.78 is 6.18. The lowest BCUT2D eigenvalue weighted by Gasteiger charge is -2.34. The number of thiazole rings is 1. The third-order valence-electron chi connectivity index (χ3n) is 5.13. The molecule has 0 radical (unpaired) electrons. The summed E-state index contributed by atoms with van der Waals surface area (Å²) in [5.41, 5.74) is 1.21. The number of aromatic amines is 1. The van der Waals surface area contributed by atoms with Gasteiger partial charge in [-0.05, 0) is 12.1 Å². The first-order valence-corrected chi connectivity index (χ1v) is 9.82. The fraction of sp³-hybridized carbons (Fsp3) is 0.263. The van der Waals surface area contributed by atoms with Crippen LogP contribution >= 0.6 is 11.3 Å². The average molecular weight is 395 g/mol. The minimum atomic E-state index is -0.655. The first-order valence-electron chi connectivity index (χ1n) is 8.94. The molecule has 0 aliphatic carbocycles. The third kappa shape index (κ3) is 2.84. The van der Waals surface area contributed by atoms with E-state index in [0.29, 0.717) is 42.2 Å². The maximum atomic E-state index is 12.8. The molecule has 1 fully saturated rings. The maximum Gasteiger partial charge on any atom is 0.322 e. The van der Waals surface area contributed by atoms with E-state index in [9.17, 15) is 9.59 Å². The van der Waals surface area contributed by atoms with E-state index < -0.39 is 5.60 Å². The van der Waals surface area contributed by atoms with Crippen LogP contribution in [0.25, 0.3) is 10.7 Å². The second-order valence-electron chi connectivity index (χ2n) is 6.98. The number of fused-ring (bicyclic) bond motifs is 1. The van der Waals surface area contributed by atoms with Crippen LogP contribution < -0.4 is 10.1 Å². The van der Waals surface area contributed by atoms with Gasteiger partial charge in [-0.3, -0.25) is 9.89 Å². The van der Waals surface area contributed by atoms with Crippen molar-refractivity contribution in [3.63, 3.8) is 0 Å². The Morgan fingerprint density at radius 3 is 3.11 bits per heavy atom. The molecule has 2 N–H and O–H groups in total. The van der Waals surface area contributed by atoms with E-state index >= 15 is 0 Å². The van der Waals surface area contributed by atoms with Crippen LogP contribution in [0, 0.1) is 0 Å². The van der Waals surface area contributed by atoms with E-state index in [1.807, 2.05) is 23.6 Å². The molecule has 1 spiro atoms. The van der Waals surface area contributed by atoms with Crippen molar-refractivity contribution in [3.8, 4) is 16.5 Å². The Kier molecular flexibility index (Phi) is 3.90. The van der Waals surface area contributed by atoms with Crippen molar-refractivity contribution in [1.82, 2.24) is 20.1 Å². The van der Waals surface area contributed by atoms with E-state index in [1.54, 1.807) is 23.4 Å². The number of carbonyl (C=O) groups is 2. The molecule has 2 aliphatic rings. The Bertz CT molecular complexity index is 1050. The zero-order valence-corrected chi connectivity index (χ0v) is 15.7. The number of nitrogens with zero attached hydrogens (tertiary/aromatic N) is 3. The molecular weight excluding hydrogens is 378 g/mol. The summed E-state index contributed by atoms with van der Waals surface area (Å²) in [5.74, 6) is 0.659. The lowest BCUT2D eigenvalue weighted by Crippen LogP contribution is -2.45. The van der Waals surface area contributed by atoms with Crippen molar-refractivity contribution in [1.29, 1.82) is 0 Å². The van der Waals surface area contributed by atoms with Gasteiger partial charge in [0.25, 0.3) is 0 Å². The number of aromatic nitrogens is 3. The second kappa shape index (κ2) is 6.45. The van der Waals surface area contributed by atoms with Crippen LogP contribution in [0.4, 0.5) is 10.5 Å². The van der Waals surface area contributed by atoms with Gasteiger partial charge in [-0.1, -0.05) is 12.1 Å². The lowest BCUT2D eigenvalue weighted by molar-refractivity contribution is 0.0482. The summed E-state index contributed by atoms with van der Waals surface area (Å²) in [7, 11) is 0. The molecule has 1 atom stereocenters. The van der Waals surface area contributed by atoms with Crippen LogP contribution in [0.1, 0.15) is 23.2 Å². The molecule has 0 bridgehead atoms. The van der Waals surface area contributed by atoms with Crippen LogP contribution in [0.15, 0.2) is 42.0 Å². The molecule has 0 saturated carbocycles. The Morgan fingerprint density at radius 2 is 2.25 bits per heavy atom. The van der Waals surface area contributed by atoms with Gasteiger partial charge in [-0.15, -0.1) is 11.3 Å². The monoisotopic (exact) mass is 395 g/mol. The predicted molar refractivity (Wildman–Crippen MR) is 104 cm³/mol. The molecule has 142 valence electrons. The van der Waals surface area contributed by atoms with Gasteiger partial charge in [0.15, 0.2) is 5.78 Å². The molecule has 9 heteroatoms. The second-order valence-corrected chi connectivity index (χ2v) is 7.87. The third-order valence-corrected chi connectivity index (χ3v) is 5.92. The lowest BCUT2D eigenvalue weighted by atomic mass is 9.89. The molecule has 2 aromatic heterocycles. The highest BCUT2D eigenvalue weighted by Crippen LogP contribution is 2.39. The Hall–Kier alpha value is -3.20. The number of nitrogens with one attached hydrogen (secondary N) is 2. The number of H-pyrrole nitrogens is 1. The maximum absolute atomic E-state index is 12.8. The van der Waals surface area contributed by atoms with Crippen LogP contribution in [-0.2, 0) is 0 Å². The molecule has 1 saturated heterocycles. The molecule has 4 heterocycles. The molecule has 5 rings (SSSR count). The standard InChI is InChI=1S/C19H17N5O3S/c25-14-9-19(27-15-4-2-1-3-12(14)15)5-7-24(11-19)18(26)22-13-10-21-23-16(13)17-20-6-8-28-17/h1-4,6,8,10H,5,7,9,11H2,(H,21,23)(H,22,26). The fourth-order valence-corrected chi connectivity index (χ4v) is 4.42. The number of Topliss-reactive ketones (excluding diaryl/α,β-unsaturated/α-hetero) is 1. The Labute approximate surface area is 164 Å². The number of ether oxygens (including phenoxy) is 1. The summed E-state index contributed by atoms with van der Waals surface area (Å²) in [6.07, 6.45) is 4.17. The van der Waals surface area contributed by atoms with Gasteiger partial charge in [-0.25, -0.2) is 9.78 Å². The molecule has 1 aromatic carbocycles. The smallest absolute Gasteiger partial charge is 0.322 e. The zero-order valence-electron chi connectivity index (χ0n) is 14.8. The van der Waals surface area contributed by atoms with E-state index in [1.165, 1.54) is 11.3 Å². The highest BCUT2D eigenvalue weighted by atomic mass is 32.1. The quantitative estimate of drug-likeness (QED) is 0.694. The number of carbonyl (C=O) groups excluding carboxylic acids is 2. The van der Waals surface area contributed by atoms with E-state index in [4.69, 9.17) is 4.74 Å². The predicted octanol–water partition coefficient (Wildman–Crippen LogP) is 3.18. The van der Waals surface area contributed by atoms with Gasteiger partial charge in [0.2, 0.25) is 0 Å². The minimum Gasteiger partial charge on any atom is -0.484 e. The van der Waals surface area contributed by atoms with E-state index in [0.717, 1.165) is 5.01 Å². The highest BCUT2D eigenvalue weighted by molar-refractivity contribution is 7.13. The molecule has 2 aliphatic heterocycles. The normalized spacial score (nSPS) is 20.9. The van der Waals surface area contributed by atoms with Crippen LogP contribution in [0.2, 0.25) is 0 Å². The molecule has 28 heavy (non-hydrogen) atoms. The molecular formula is C19H17N5O3S. The largest absolute Gasteiger partial charge is 0.484 e. The van der Waals surface area contributed by atoms with Crippen molar-refractivity contribution in [3.05, 3.63) is 47.6 Å². The van der Waals surface area contributed by atoms with Crippen molar-refractivity contribution in [2.24, 2.45) is 0 Å². The number of benzene rings is 1. The Morgan fingerprint density at radius 1 is 1.36 bits per heavy atom. The summed E-state index contributed by atoms with van der Waals surface area (Å²) in [6.45, 7) is 0.884. The number of urea groups is 1. The summed E-state index contributed by atoms with van der Waals surface area (Å²) in [4.78, 5) is 31.3. The summed E-state index contributed by atoms with van der Waals surface area (Å²) in [6, 6.07) is 7.03. The number of hydrogen-bond donors (Lipinski definition) is 2. The van der Waals surface area contributed by atoms with E-state index in [-0.39, 0.29) is 18.2 Å². The number of likely N-dealkylation sites (tertiary alicyclic amines) is 1. The van der Waals surface area contributed by atoms with Gasteiger partial charge < -0.3 is 15.0 Å². The molecule has 8 nitrogen and oxygen atoms in total. The summed E-state index contributed by atoms with van der Waals surface area (Å²) in [5, 5.41) is 12.4. The number of ketones is 1. The van der Waals surface area contributed by atoms with Gasteiger partial charge in [0, 0.05) is 24.5 Å². The first kappa shape index (κ1) is 16.9. The first-order chi connectivity index (χ1) is 13.6. The van der Waals surface area contributed by atoms with Crippen molar-refractivity contribution in [2.45, 2.75) is 18.4 Å². The topological polar surface area (TPSA) is 100 Å². The van der Waals surface area contributed by atoms with Crippen molar-refractivity contribution < 1.29 is 14.3 Å². The minimum absolute atomic E-state index is 0.0602. The zero-order chi connectivity index (χ0) is 19.1. The van der Waals surface area contributed by atoms with Crippen LogP contribution in [0.3, 0.4) is 0 Å². The van der Waals surface area contributed by atoms with Gasteiger partial charge >= 0.3 is 6.03 Å². The number of anilines is 1. The van der Waals surface area contributed by atoms with Crippen molar-refractivity contribution in [2.75, 3.05) is 18.4 Å². The summed E-state index contributed by atoms with van der Waals surface area (Å²) >= 11 is 1.46. The number of amides is 2. The van der Waals surface area contributed by atoms with Crippen LogP contribution in [0.5, 0.6) is 5.75 Å².